The Hall–Kier alpha value is -3.51. The molecule has 2 unspecified atom stereocenters. The van der Waals surface area contributed by atoms with Crippen molar-refractivity contribution in [1.29, 1.82) is 0 Å². The van der Waals surface area contributed by atoms with Gasteiger partial charge in [0, 0.05) is 57.6 Å². The number of carbonyl (C=O) groups excluding carboxylic acids is 3. The molecule has 44 heavy (non-hydrogen) atoms. The third-order valence-electron chi connectivity index (χ3n) is 7.84. The zero-order chi connectivity index (χ0) is 31.7. The van der Waals surface area contributed by atoms with Gasteiger partial charge in [0.2, 0.25) is 5.91 Å². The number of ether oxygens (including phenoxy) is 2. The minimum atomic E-state index is -4.46. The Morgan fingerprint density at radius 1 is 1.07 bits per heavy atom. The van der Waals surface area contributed by atoms with Gasteiger partial charge in [0.15, 0.2) is 0 Å². The molecule has 0 saturated carbocycles. The molecule has 2 saturated heterocycles. The van der Waals surface area contributed by atoms with Crippen molar-refractivity contribution in [3.63, 3.8) is 0 Å². The van der Waals surface area contributed by atoms with Crippen molar-refractivity contribution >= 4 is 31.2 Å². The van der Waals surface area contributed by atoms with E-state index in [1.54, 1.807) is 13.2 Å². The minimum Gasteiger partial charge on any atom is -0.449 e. The molecule has 0 bridgehead atoms. The normalized spacial score (nSPS) is 17.8. The van der Waals surface area contributed by atoms with Crippen molar-refractivity contribution in [2.24, 2.45) is 0 Å². The summed E-state index contributed by atoms with van der Waals surface area (Å²) in [4.78, 5) is 68.4. The maximum absolute atomic E-state index is 13.7. The van der Waals surface area contributed by atoms with Crippen LogP contribution in [0.5, 0.6) is 0 Å². The molecule has 1 aromatic heterocycles. The van der Waals surface area contributed by atoms with Crippen LogP contribution in [0.2, 0.25) is 0 Å². The lowest BCUT2D eigenvalue weighted by atomic mass is 10.1. The molecule has 0 spiro atoms. The lowest BCUT2D eigenvalue weighted by molar-refractivity contribution is -0.134. The van der Waals surface area contributed by atoms with Crippen LogP contribution in [0.4, 0.5) is 10.5 Å². The molecule has 13 nitrogen and oxygen atoms in total. The van der Waals surface area contributed by atoms with Crippen LogP contribution < -0.4 is 10.2 Å². The summed E-state index contributed by atoms with van der Waals surface area (Å²) in [5, 5.41) is 2.70. The maximum Gasteiger partial charge on any atom is 0.409 e. The van der Waals surface area contributed by atoms with Crippen molar-refractivity contribution in [1.82, 2.24) is 20.1 Å². The topological polar surface area (TPSA) is 162 Å². The largest absolute Gasteiger partial charge is 0.449 e. The molecule has 3 heterocycles. The zero-order valence-corrected chi connectivity index (χ0v) is 26.2. The Bertz CT molecular complexity index is 1330. The van der Waals surface area contributed by atoms with Gasteiger partial charge in [-0.25, -0.2) is 9.78 Å². The standard InChI is InChI=1S/C30H42N5O8P/c1-3-4-17-43-30(38)34-15-13-33(14-16-34)29(37)25(11-18-44(39,40)41)32-28(36)27-20-23(35-12-10-24(21-35)42-2)19-26(31-27)22-8-6-5-7-9-22/h5-9,19-20,24-25H,3-4,10-18,21H2,1-2H3,(H,32,36)(H2,39,40,41). The summed E-state index contributed by atoms with van der Waals surface area (Å²) in [6.07, 6.45) is 1.28. The van der Waals surface area contributed by atoms with Gasteiger partial charge in [-0.05, 0) is 31.4 Å². The second kappa shape index (κ2) is 15.5. The van der Waals surface area contributed by atoms with E-state index in [1.165, 1.54) is 9.80 Å². The highest BCUT2D eigenvalue weighted by Gasteiger charge is 2.33. The molecular formula is C30H42N5O8P. The average Bonchev–Trinajstić information content (AvgIpc) is 3.52. The first-order valence-corrected chi connectivity index (χ1v) is 16.8. The van der Waals surface area contributed by atoms with Crippen molar-refractivity contribution in [2.45, 2.75) is 44.8 Å². The summed E-state index contributed by atoms with van der Waals surface area (Å²) in [6, 6.07) is 11.8. The molecule has 2 aromatic rings. The van der Waals surface area contributed by atoms with Gasteiger partial charge in [0.05, 0.1) is 24.6 Å². The van der Waals surface area contributed by atoms with Gasteiger partial charge >= 0.3 is 13.7 Å². The van der Waals surface area contributed by atoms with E-state index < -0.39 is 37.7 Å². The Balaban J connectivity index is 1.52. The van der Waals surface area contributed by atoms with Gasteiger partial charge < -0.3 is 39.3 Å². The Labute approximate surface area is 257 Å². The minimum absolute atomic E-state index is 0.0638. The fourth-order valence-electron chi connectivity index (χ4n) is 5.24. The van der Waals surface area contributed by atoms with Crippen molar-refractivity contribution < 1.29 is 38.2 Å². The highest BCUT2D eigenvalue weighted by atomic mass is 31.2. The van der Waals surface area contributed by atoms with Crippen LogP contribution in [0.1, 0.15) is 43.1 Å². The molecule has 1 aromatic carbocycles. The number of hydrogen-bond acceptors (Lipinski definition) is 8. The lowest BCUT2D eigenvalue weighted by Gasteiger charge is -2.36. The van der Waals surface area contributed by atoms with Gasteiger partial charge in [-0.3, -0.25) is 14.2 Å². The molecule has 3 amide bonds. The highest BCUT2D eigenvalue weighted by molar-refractivity contribution is 7.51. The van der Waals surface area contributed by atoms with E-state index in [2.05, 4.69) is 15.2 Å². The zero-order valence-electron chi connectivity index (χ0n) is 25.3. The van der Waals surface area contributed by atoms with Gasteiger partial charge in [-0.1, -0.05) is 43.7 Å². The second-order valence-electron chi connectivity index (χ2n) is 11.0. The van der Waals surface area contributed by atoms with Crippen LogP contribution in [0, 0.1) is 0 Å². The van der Waals surface area contributed by atoms with Crippen molar-refractivity contribution in [3.8, 4) is 11.3 Å². The number of unbranched alkanes of at least 4 members (excludes halogenated alkanes) is 1. The molecule has 2 aliphatic rings. The Kier molecular flexibility index (Phi) is 11.7. The van der Waals surface area contributed by atoms with E-state index in [-0.39, 0.29) is 44.4 Å². The van der Waals surface area contributed by atoms with E-state index in [0.717, 1.165) is 37.1 Å². The van der Waals surface area contributed by atoms with Crippen LogP contribution in [-0.2, 0) is 18.8 Å². The molecule has 0 aliphatic carbocycles. The van der Waals surface area contributed by atoms with Gasteiger partial charge in [0.1, 0.15) is 11.7 Å². The summed E-state index contributed by atoms with van der Waals surface area (Å²) >= 11 is 0. The number of piperazine rings is 1. The highest BCUT2D eigenvalue weighted by Crippen LogP contribution is 2.35. The number of rotatable bonds is 12. The fourth-order valence-corrected chi connectivity index (χ4v) is 5.83. The summed E-state index contributed by atoms with van der Waals surface area (Å²) in [7, 11) is -2.79. The van der Waals surface area contributed by atoms with Crippen LogP contribution >= 0.6 is 7.60 Å². The van der Waals surface area contributed by atoms with E-state index in [0.29, 0.717) is 18.8 Å². The first-order valence-electron chi connectivity index (χ1n) is 15.0. The van der Waals surface area contributed by atoms with E-state index in [9.17, 15) is 28.7 Å². The van der Waals surface area contributed by atoms with Gasteiger partial charge in [-0.15, -0.1) is 0 Å². The smallest absolute Gasteiger partial charge is 0.409 e. The quantitative estimate of drug-likeness (QED) is 0.235. The molecule has 4 rings (SSSR count). The number of aromatic nitrogens is 1. The number of anilines is 1. The predicted octanol–water partition coefficient (Wildman–Crippen LogP) is 2.72. The van der Waals surface area contributed by atoms with Gasteiger partial charge in [-0.2, -0.15) is 0 Å². The first kappa shape index (κ1) is 33.4. The molecule has 2 fully saturated rings. The number of nitrogens with zero attached hydrogens (tertiary/aromatic N) is 4. The predicted molar refractivity (Wildman–Crippen MR) is 164 cm³/mol. The number of benzene rings is 1. The molecule has 240 valence electrons. The summed E-state index contributed by atoms with van der Waals surface area (Å²) in [6.45, 7) is 4.61. The van der Waals surface area contributed by atoms with Gasteiger partial charge in [0.25, 0.3) is 5.91 Å². The molecule has 2 aliphatic heterocycles. The maximum atomic E-state index is 13.7. The third-order valence-corrected chi connectivity index (χ3v) is 8.68. The number of nitrogens with one attached hydrogen (secondary N) is 1. The average molecular weight is 632 g/mol. The van der Waals surface area contributed by atoms with E-state index in [4.69, 9.17) is 9.47 Å². The van der Waals surface area contributed by atoms with Crippen LogP contribution in [0.15, 0.2) is 42.5 Å². The van der Waals surface area contributed by atoms with Crippen LogP contribution in [-0.4, -0.2) is 114 Å². The summed E-state index contributed by atoms with van der Waals surface area (Å²) < 4.78 is 22.5. The van der Waals surface area contributed by atoms with E-state index in [1.807, 2.05) is 43.3 Å². The summed E-state index contributed by atoms with van der Waals surface area (Å²) in [5.41, 5.74) is 2.25. The third kappa shape index (κ3) is 9.25. The Morgan fingerprint density at radius 3 is 2.41 bits per heavy atom. The number of amides is 3. The van der Waals surface area contributed by atoms with E-state index >= 15 is 0 Å². The van der Waals surface area contributed by atoms with Crippen LogP contribution in [0.3, 0.4) is 0 Å². The van der Waals surface area contributed by atoms with Crippen molar-refractivity contribution in [3.05, 3.63) is 48.2 Å². The molecule has 3 N–H and O–H groups in total. The van der Waals surface area contributed by atoms with Crippen molar-refractivity contribution in [2.75, 3.05) is 64.0 Å². The first-order chi connectivity index (χ1) is 21.1. The summed E-state index contributed by atoms with van der Waals surface area (Å²) in [5.74, 6) is -1.11. The molecule has 2 atom stereocenters. The number of carbonyl (C=O) groups is 3. The second-order valence-corrected chi connectivity index (χ2v) is 12.8. The molecule has 14 heteroatoms. The fraction of sp³-hybridized carbons (Fsp3) is 0.533. The number of hydrogen-bond donors (Lipinski definition) is 3. The molecule has 0 radical (unpaired) electrons. The Morgan fingerprint density at radius 2 is 1.77 bits per heavy atom. The van der Waals surface area contributed by atoms with Crippen LogP contribution in [0.25, 0.3) is 11.3 Å². The number of methoxy groups -OCH3 is 1. The molecular weight excluding hydrogens is 589 g/mol. The number of pyridine rings is 1. The lowest BCUT2D eigenvalue weighted by Crippen LogP contribution is -2.56. The SMILES string of the molecule is CCCCOC(=O)N1CCN(C(=O)C(CCP(=O)(O)O)NC(=O)c2cc(N3CCC(OC)C3)cc(-c3ccccc3)n2)CC1. The monoisotopic (exact) mass is 631 g/mol.